The zero-order chi connectivity index (χ0) is 21.1. The highest BCUT2D eigenvalue weighted by Gasteiger charge is 2.29. The Morgan fingerprint density at radius 1 is 1.20 bits per heavy atom. The molecule has 2 atom stereocenters. The Hall–Kier alpha value is -2.68. The summed E-state index contributed by atoms with van der Waals surface area (Å²) >= 11 is 0. The van der Waals surface area contributed by atoms with Crippen molar-refractivity contribution in [2.75, 3.05) is 6.61 Å². The van der Waals surface area contributed by atoms with Crippen LogP contribution in [0.3, 0.4) is 0 Å². The van der Waals surface area contributed by atoms with Crippen molar-refractivity contribution in [3.8, 4) is 5.75 Å². The fraction of sp³-hybridized carbons (Fsp3) is 0.318. The third-order valence-electron chi connectivity index (χ3n) is 5.43. The van der Waals surface area contributed by atoms with Gasteiger partial charge in [0, 0.05) is 31.2 Å². The second-order valence-corrected chi connectivity index (χ2v) is 9.27. The second-order valence-electron chi connectivity index (χ2n) is 7.50. The quantitative estimate of drug-likeness (QED) is 0.605. The van der Waals surface area contributed by atoms with Gasteiger partial charge in [-0.1, -0.05) is 42.5 Å². The van der Waals surface area contributed by atoms with Crippen LogP contribution in [-0.2, 0) is 29.5 Å². The zero-order valence-electron chi connectivity index (χ0n) is 16.9. The number of rotatable bonds is 7. The summed E-state index contributed by atoms with van der Waals surface area (Å²) in [5.74, 6) is 0.920. The Kier molecular flexibility index (Phi) is 5.90. The fourth-order valence-electron chi connectivity index (χ4n) is 3.71. The first-order valence-electron chi connectivity index (χ1n) is 10.0. The molecule has 0 saturated heterocycles. The highest BCUT2D eigenvalue weighted by molar-refractivity contribution is 7.89. The average Bonchev–Trinajstić information content (AvgIpc) is 3.25. The first-order valence-corrected chi connectivity index (χ1v) is 11.5. The number of hydrogen-bond donors (Lipinski definition) is 2. The molecule has 2 unspecified atom stereocenters. The van der Waals surface area contributed by atoms with Crippen molar-refractivity contribution >= 4 is 10.0 Å². The molecule has 158 valence electrons. The van der Waals surface area contributed by atoms with Crippen LogP contribution in [0, 0.1) is 0 Å². The van der Waals surface area contributed by atoms with Crippen LogP contribution in [-0.4, -0.2) is 30.8 Å². The first kappa shape index (κ1) is 20.6. The van der Waals surface area contributed by atoms with Crippen molar-refractivity contribution in [3.63, 3.8) is 0 Å². The van der Waals surface area contributed by atoms with E-state index in [2.05, 4.69) is 22.0 Å². The predicted molar refractivity (Wildman–Crippen MR) is 115 cm³/mol. The molecule has 1 aliphatic rings. The van der Waals surface area contributed by atoms with Gasteiger partial charge in [-0.3, -0.25) is 4.68 Å². The summed E-state index contributed by atoms with van der Waals surface area (Å²) in [6.07, 6.45) is 3.70. The smallest absolute Gasteiger partial charge is 0.243 e. The molecule has 0 saturated carbocycles. The Labute approximate surface area is 176 Å². The van der Waals surface area contributed by atoms with Gasteiger partial charge in [-0.2, -0.15) is 5.10 Å². The van der Waals surface area contributed by atoms with E-state index in [0.29, 0.717) is 13.2 Å². The molecule has 0 amide bonds. The molecule has 0 aliphatic carbocycles. The third-order valence-corrected chi connectivity index (χ3v) is 6.79. The standard InChI is InChI=1S/C22H26N4O3S/c1-2-26-14-18(13-24-26)30(27,28)25-12-17-8-9-22-20(11-17)19(21(23)15-29-22)10-16-6-4-3-5-7-16/h3-9,11,13-14,19,21,25H,2,10,12,15,23H2,1H3. The maximum Gasteiger partial charge on any atom is 0.243 e. The maximum atomic E-state index is 12.6. The van der Waals surface area contributed by atoms with Gasteiger partial charge in [0.05, 0.1) is 6.20 Å². The van der Waals surface area contributed by atoms with Crippen LogP contribution < -0.4 is 15.2 Å². The number of aromatic nitrogens is 2. The molecule has 4 rings (SSSR count). The van der Waals surface area contributed by atoms with Crippen LogP contribution in [0.25, 0.3) is 0 Å². The molecule has 2 heterocycles. The lowest BCUT2D eigenvalue weighted by atomic mass is 9.84. The molecule has 1 aromatic heterocycles. The van der Waals surface area contributed by atoms with Crippen LogP contribution in [0.15, 0.2) is 65.8 Å². The van der Waals surface area contributed by atoms with E-state index in [1.54, 1.807) is 4.68 Å². The molecular weight excluding hydrogens is 400 g/mol. The number of fused-ring (bicyclic) bond motifs is 1. The van der Waals surface area contributed by atoms with Crippen molar-refractivity contribution in [1.82, 2.24) is 14.5 Å². The lowest BCUT2D eigenvalue weighted by Gasteiger charge is -2.32. The Morgan fingerprint density at radius 3 is 2.73 bits per heavy atom. The van der Waals surface area contributed by atoms with Crippen LogP contribution in [0.5, 0.6) is 5.75 Å². The predicted octanol–water partition coefficient (Wildman–Crippen LogP) is 2.43. The molecule has 0 bridgehead atoms. The summed E-state index contributed by atoms with van der Waals surface area (Å²) in [5.41, 5.74) is 9.47. The minimum Gasteiger partial charge on any atom is -0.492 e. The second kappa shape index (κ2) is 8.59. The summed E-state index contributed by atoms with van der Waals surface area (Å²) in [4.78, 5) is 0.162. The summed E-state index contributed by atoms with van der Waals surface area (Å²) in [5, 5.41) is 4.04. The van der Waals surface area contributed by atoms with Crippen molar-refractivity contribution in [2.24, 2.45) is 5.73 Å². The van der Waals surface area contributed by atoms with Gasteiger partial charge in [-0.25, -0.2) is 13.1 Å². The van der Waals surface area contributed by atoms with Crippen molar-refractivity contribution in [1.29, 1.82) is 0 Å². The molecule has 1 aliphatic heterocycles. The molecule has 3 N–H and O–H groups in total. The Bertz CT molecular complexity index is 1110. The SMILES string of the molecule is CCn1cc(S(=O)(=O)NCc2ccc3c(c2)C(Cc2ccccc2)C(N)CO3)cn1. The number of aryl methyl sites for hydroxylation is 1. The van der Waals surface area contributed by atoms with E-state index < -0.39 is 10.0 Å². The highest BCUT2D eigenvalue weighted by Crippen LogP contribution is 2.36. The largest absolute Gasteiger partial charge is 0.492 e. The van der Waals surface area contributed by atoms with Crippen molar-refractivity contribution < 1.29 is 13.2 Å². The van der Waals surface area contributed by atoms with Gasteiger partial charge >= 0.3 is 0 Å². The van der Waals surface area contributed by atoms with Crippen LogP contribution >= 0.6 is 0 Å². The minimum atomic E-state index is -3.63. The molecule has 8 heteroatoms. The number of nitrogens with two attached hydrogens (primary N) is 1. The van der Waals surface area contributed by atoms with Crippen LogP contribution in [0.4, 0.5) is 0 Å². The summed E-state index contributed by atoms with van der Waals surface area (Å²) in [6.45, 7) is 3.17. The molecule has 3 aromatic rings. The van der Waals surface area contributed by atoms with E-state index in [0.717, 1.165) is 23.3 Å². The van der Waals surface area contributed by atoms with Gasteiger partial charge in [0.1, 0.15) is 17.3 Å². The monoisotopic (exact) mass is 426 g/mol. The van der Waals surface area contributed by atoms with Gasteiger partial charge in [-0.05, 0) is 36.1 Å². The van der Waals surface area contributed by atoms with E-state index in [1.807, 2.05) is 43.3 Å². The molecule has 30 heavy (non-hydrogen) atoms. The topological polar surface area (TPSA) is 99.2 Å². The van der Waals surface area contributed by atoms with Gasteiger partial charge in [0.15, 0.2) is 0 Å². The van der Waals surface area contributed by atoms with E-state index in [4.69, 9.17) is 10.5 Å². The lowest BCUT2D eigenvalue weighted by molar-refractivity contribution is 0.238. The normalized spacial score (nSPS) is 18.6. The van der Waals surface area contributed by atoms with E-state index in [1.165, 1.54) is 18.0 Å². The fourth-order valence-corrected chi connectivity index (χ4v) is 4.68. The maximum absolute atomic E-state index is 12.6. The molecular formula is C22H26N4O3S. The third kappa shape index (κ3) is 4.40. The molecule has 7 nitrogen and oxygen atoms in total. The minimum absolute atomic E-state index is 0.107. The van der Waals surface area contributed by atoms with Crippen molar-refractivity contribution in [3.05, 3.63) is 77.6 Å². The number of hydrogen-bond acceptors (Lipinski definition) is 5. The van der Waals surface area contributed by atoms with Gasteiger partial charge in [0.2, 0.25) is 10.0 Å². The lowest BCUT2D eigenvalue weighted by Crippen LogP contribution is -2.39. The summed E-state index contributed by atoms with van der Waals surface area (Å²) < 4.78 is 35.2. The Morgan fingerprint density at radius 2 is 2.00 bits per heavy atom. The van der Waals surface area contributed by atoms with Crippen LogP contribution in [0.1, 0.15) is 29.5 Å². The number of sulfonamides is 1. The van der Waals surface area contributed by atoms with Gasteiger partial charge < -0.3 is 10.5 Å². The number of ether oxygens (including phenoxy) is 1. The van der Waals surface area contributed by atoms with Gasteiger partial charge in [0.25, 0.3) is 0 Å². The van der Waals surface area contributed by atoms with E-state index >= 15 is 0 Å². The average molecular weight is 427 g/mol. The Balaban J connectivity index is 1.53. The number of nitrogens with zero attached hydrogens (tertiary/aromatic N) is 2. The first-order chi connectivity index (χ1) is 14.5. The highest BCUT2D eigenvalue weighted by atomic mass is 32.2. The summed E-state index contributed by atoms with van der Waals surface area (Å²) in [6, 6.07) is 15.9. The van der Waals surface area contributed by atoms with Crippen molar-refractivity contribution in [2.45, 2.75) is 43.3 Å². The van der Waals surface area contributed by atoms with E-state index in [-0.39, 0.29) is 23.4 Å². The molecule has 0 radical (unpaired) electrons. The van der Waals surface area contributed by atoms with E-state index in [9.17, 15) is 8.42 Å². The molecule has 2 aromatic carbocycles. The molecule has 0 spiro atoms. The number of benzene rings is 2. The van der Waals surface area contributed by atoms with Crippen LogP contribution in [0.2, 0.25) is 0 Å². The molecule has 0 fully saturated rings. The number of nitrogens with one attached hydrogen (secondary N) is 1. The van der Waals surface area contributed by atoms with Gasteiger partial charge in [-0.15, -0.1) is 0 Å². The zero-order valence-corrected chi connectivity index (χ0v) is 17.7. The summed E-state index contributed by atoms with van der Waals surface area (Å²) in [7, 11) is -3.63.